The summed E-state index contributed by atoms with van der Waals surface area (Å²) in [5.74, 6) is 1.89. The third-order valence-corrected chi connectivity index (χ3v) is 4.30. The van der Waals surface area contributed by atoms with Crippen LogP contribution in [0.5, 0.6) is 0 Å². The van der Waals surface area contributed by atoms with Gasteiger partial charge in [0.25, 0.3) is 5.91 Å². The first kappa shape index (κ1) is 14.7. The first-order valence-corrected chi connectivity index (χ1v) is 8.04. The third-order valence-electron chi connectivity index (χ3n) is 4.30. The molecule has 6 nitrogen and oxygen atoms in total. The zero-order chi connectivity index (χ0) is 16.5. The molecule has 4 rings (SSSR count). The molecule has 0 fully saturated rings. The molecule has 24 heavy (non-hydrogen) atoms. The second-order valence-corrected chi connectivity index (χ2v) is 5.99. The van der Waals surface area contributed by atoms with Crippen molar-refractivity contribution < 1.29 is 9.21 Å². The number of amides is 1. The van der Waals surface area contributed by atoms with Crippen LogP contribution < -0.4 is 5.32 Å². The van der Waals surface area contributed by atoms with E-state index in [2.05, 4.69) is 19.9 Å². The highest BCUT2D eigenvalue weighted by atomic mass is 16.4. The van der Waals surface area contributed by atoms with E-state index >= 15 is 0 Å². The first-order chi connectivity index (χ1) is 11.7. The topological polar surface area (TPSA) is 73.0 Å². The van der Waals surface area contributed by atoms with Crippen LogP contribution in [0.4, 0.5) is 0 Å². The number of oxazole rings is 1. The molecule has 1 atom stereocenters. The standard InChI is InChI=1S/C18H18N4O2/c1-12-16(21-18(24-12)13-5-3-2-4-6-13)17(23)20-14-7-8-15-19-9-10-22(15)11-14/h2-6,9-10,14H,7-8,11H2,1H3,(H,20,23)/t14-/m0/s1. The van der Waals surface area contributed by atoms with Gasteiger partial charge in [0, 0.05) is 37.0 Å². The molecule has 0 saturated heterocycles. The van der Waals surface area contributed by atoms with E-state index < -0.39 is 0 Å². The Morgan fingerprint density at radius 1 is 1.33 bits per heavy atom. The van der Waals surface area contributed by atoms with Gasteiger partial charge in [0.2, 0.25) is 5.89 Å². The SMILES string of the molecule is Cc1oc(-c2ccccc2)nc1C(=O)N[C@H]1CCc2nccn2C1. The Bertz CT molecular complexity index is 866. The molecule has 0 bridgehead atoms. The van der Waals surface area contributed by atoms with Crippen LogP contribution in [0.1, 0.15) is 28.5 Å². The van der Waals surface area contributed by atoms with Crippen molar-refractivity contribution in [2.24, 2.45) is 0 Å². The van der Waals surface area contributed by atoms with E-state index in [1.165, 1.54) is 0 Å². The van der Waals surface area contributed by atoms with Gasteiger partial charge in [-0.3, -0.25) is 4.79 Å². The van der Waals surface area contributed by atoms with Gasteiger partial charge in [-0.2, -0.15) is 0 Å². The summed E-state index contributed by atoms with van der Waals surface area (Å²) in [6.45, 7) is 2.51. The molecule has 0 radical (unpaired) electrons. The number of hydrogen-bond donors (Lipinski definition) is 1. The smallest absolute Gasteiger partial charge is 0.273 e. The number of rotatable bonds is 3. The van der Waals surface area contributed by atoms with Gasteiger partial charge in [-0.1, -0.05) is 18.2 Å². The highest BCUT2D eigenvalue weighted by Gasteiger charge is 2.24. The zero-order valence-corrected chi connectivity index (χ0v) is 13.4. The minimum absolute atomic E-state index is 0.0791. The largest absolute Gasteiger partial charge is 0.441 e. The number of aryl methyl sites for hydroxylation is 2. The monoisotopic (exact) mass is 322 g/mol. The van der Waals surface area contributed by atoms with E-state index in [4.69, 9.17) is 4.42 Å². The van der Waals surface area contributed by atoms with Crippen LogP contribution in [0.2, 0.25) is 0 Å². The molecule has 2 aromatic heterocycles. The predicted octanol–water partition coefficient (Wildman–Crippen LogP) is 2.59. The lowest BCUT2D eigenvalue weighted by molar-refractivity contribution is 0.0921. The fourth-order valence-electron chi connectivity index (χ4n) is 3.05. The Balaban J connectivity index is 1.50. The predicted molar refractivity (Wildman–Crippen MR) is 88.5 cm³/mol. The molecular formula is C18H18N4O2. The van der Waals surface area contributed by atoms with Gasteiger partial charge in [-0.05, 0) is 25.5 Å². The van der Waals surface area contributed by atoms with Crippen LogP contribution in [-0.4, -0.2) is 26.5 Å². The minimum Gasteiger partial charge on any atom is -0.441 e. The van der Waals surface area contributed by atoms with E-state index in [1.54, 1.807) is 13.1 Å². The summed E-state index contributed by atoms with van der Waals surface area (Å²) < 4.78 is 7.75. The molecule has 3 heterocycles. The Kier molecular flexibility index (Phi) is 3.65. The normalized spacial score (nSPS) is 16.6. The number of carbonyl (C=O) groups is 1. The lowest BCUT2D eigenvalue weighted by atomic mass is 10.1. The lowest BCUT2D eigenvalue weighted by Gasteiger charge is -2.24. The fraction of sp³-hybridized carbons (Fsp3) is 0.278. The van der Waals surface area contributed by atoms with Crippen molar-refractivity contribution >= 4 is 5.91 Å². The third kappa shape index (κ3) is 2.71. The van der Waals surface area contributed by atoms with E-state index in [1.807, 2.05) is 36.5 Å². The number of imidazole rings is 1. The molecule has 1 amide bonds. The molecule has 0 spiro atoms. The first-order valence-electron chi connectivity index (χ1n) is 8.04. The molecule has 122 valence electrons. The molecule has 3 aromatic rings. The molecule has 6 heteroatoms. The van der Waals surface area contributed by atoms with Crippen molar-refractivity contribution in [2.45, 2.75) is 32.4 Å². The highest BCUT2D eigenvalue weighted by Crippen LogP contribution is 2.22. The molecule has 1 aliphatic heterocycles. The van der Waals surface area contributed by atoms with Crippen molar-refractivity contribution in [1.29, 1.82) is 0 Å². The van der Waals surface area contributed by atoms with Gasteiger partial charge in [0.05, 0.1) is 0 Å². The Morgan fingerprint density at radius 3 is 3.00 bits per heavy atom. The Hall–Kier alpha value is -2.89. The van der Waals surface area contributed by atoms with Gasteiger partial charge in [-0.15, -0.1) is 0 Å². The summed E-state index contributed by atoms with van der Waals surface area (Å²) in [4.78, 5) is 21.3. The fourth-order valence-corrected chi connectivity index (χ4v) is 3.05. The highest BCUT2D eigenvalue weighted by molar-refractivity contribution is 5.93. The minimum atomic E-state index is -0.188. The molecular weight excluding hydrogens is 304 g/mol. The van der Waals surface area contributed by atoms with Gasteiger partial charge in [0.1, 0.15) is 11.6 Å². The number of fused-ring (bicyclic) bond motifs is 1. The molecule has 0 aliphatic carbocycles. The summed E-state index contributed by atoms with van der Waals surface area (Å²) >= 11 is 0. The number of aromatic nitrogens is 3. The number of hydrogen-bond acceptors (Lipinski definition) is 4. The number of nitrogens with zero attached hydrogens (tertiary/aromatic N) is 3. The van der Waals surface area contributed by atoms with E-state index in [0.717, 1.165) is 30.8 Å². The van der Waals surface area contributed by atoms with Gasteiger partial charge in [-0.25, -0.2) is 9.97 Å². The maximum absolute atomic E-state index is 12.6. The maximum atomic E-state index is 12.6. The van der Waals surface area contributed by atoms with E-state index in [-0.39, 0.29) is 11.9 Å². The Morgan fingerprint density at radius 2 is 2.17 bits per heavy atom. The summed E-state index contributed by atoms with van der Waals surface area (Å²) in [5, 5.41) is 3.06. The summed E-state index contributed by atoms with van der Waals surface area (Å²) in [6.07, 6.45) is 5.49. The van der Waals surface area contributed by atoms with E-state index in [9.17, 15) is 4.79 Å². The molecule has 0 unspecified atom stereocenters. The van der Waals surface area contributed by atoms with Crippen LogP contribution in [-0.2, 0) is 13.0 Å². The molecule has 1 aliphatic rings. The average molecular weight is 322 g/mol. The van der Waals surface area contributed by atoms with Gasteiger partial charge in [0.15, 0.2) is 5.69 Å². The number of benzene rings is 1. The average Bonchev–Trinajstić information content (AvgIpc) is 3.21. The van der Waals surface area contributed by atoms with Crippen molar-refractivity contribution in [3.8, 4) is 11.5 Å². The van der Waals surface area contributed by atoms with Crippen LogP contribution >= 0.6 is 0 Å². The van der Waals surface area contributed by atoms with Crippen LogP contribution in [0.3, 0.4) is 0 Å². The Labute approximate surface area is 139 Å². The number of carbonyl (C=O) groups excluding carboxylic acids is 1. The number of nitrogens with one attached hydrogen (secondary N) is 1. The maximum Gasteiger partial charge on any atom is 0.273 e. The van der Waals surface area contributed by atoms with Crippen molar-refractivity contribution in [3.63, 3.8) is 0 Å². The molecule has 1 aromatic carbocycles. The van der Waals surface area contributed by atoms with Crippen LogP contribution in [0.25, 0.3) is 11.5 Å². The summed E-state index contributed by atoms with van der Waals surface area (Å²) in [7, 11) is 0. The zero-order valence-electron chi connectivity index (χ0n) is 13.4. The second-order valence-electron chi connectivity index (χ2n) is 5.99. The van der Waals surface area contributed by atoms with Crippen molar-refractivity contribution in [2.75, 3.05) is 0 Å². The van der Waals surface area contributed by atoms with Crippen LogP contribution in [0, 0.1) is 6.92 Å². The quantitative estimate of drug-likeness (QED) is 0.804. The van der Waals surface area contributed by atoms with Crippen molar-refractivity contribution in [3.05, 3.63) is 60.0 Å². The summed E-state index contributed by atoms with van der Waals surface area (Å²) in [6, 6.07) is 9.66. The van der Waals surface area contributed by atoms with Crippen LogP contribution in [0.15, 0.2) is 47.1 Å². The second kappa shape index (κ2) is 5.96. The van der Waals surface area contributed by atoms with Crippen molar-refractivity contribution in [1.82, 2.24) is 19.9 Å². The summed E-state index contributed by atoms with van der Waals surface area (Å²) in [5.41, 5.74) is 1.21. The molecule has 0 saturated carbocycles. The van der Waals surface area contributed by atoms with E-state index in [0.29, 0.717) is 17.3 Å². The molecule has 1 N–H and O–H groups in total. The van der Waals surface area contributed by atoms with Gasteiger partial charge >= 0.3 is 0 Å². The lowest BCUT2D eigenvalue weighted by Crippen LogP contribution is -2.41. The van der Waals surface area contributed by atoms with Gasteiger partial charge < -0.3 is 14.3 Å².